The van der Waals surface area contributed by atoms with E-state index < -0.39 is 0 Å². The Bertz CT molecular complexity index is 1120. The number of carbonyl (C=O) groups excluding carboxylic acids is 2. The molecule has 2 amide bonds. The van der Waals surface area contributed by atoms with Crippen LogP contribution in [0.4, 0.5) is 5.69 Å². The number of nitrogens with zero attached hydrogens (tertiary/aromatic N) is 2. The van der Waals surface area contributed by atoms with E-state index in [0.717, 1.165) is 6.42 Å². The standard InChI is InChI=1S/C22H19Cl2N3O3S/c23-15-11-16(24)22(25-12-15)30-18-4-2-1-3-17(18)26-20(28)5-6-21(29)27-9-7-19-14(13-27)8-10-31-19/h1-4,8,10-12H,5-7,9,13H2,(H,26,28). The number of benzene rings is 1. The smallest absolute Gasteiger partial charge is 0.238 e. The van der Waals surface area contributed by atoms with Crippen LogP contribution in [0.5, 0.6) is 11.6 Å². The van der Waals surface area contributed by atoms with Crippen LogP contribution in [-0.2, 0) is 22.6 Å². The molecule has 0 fully saturated rings. The number of carbonyl (C=O) groups is 2. The molecule has 0 atom stereocenters. The van der Waals surface area contributed by atoms with Crippen molar-refractivity contribution in [2.75, 3.05) is 11.9 Å². The lowest BCUT2D eigenvalue weighted by molar-refractivity contribution is -0.133. The first-order valence-corrected chi connectivity index (χ1v) is 11.3. The average molecular weight is 476 g/mol. The summed E-state index contributed by atoms with van der Waals surface area (Å²) in [4.78, 5) is 32.3. The van der Waals surface area contributed by atoms with E-state index in [9.17, 15) is 9.59 Å². The van der Waals surface area contributed by atoms with E-state index in [-0.39, 0.29) is 35.6 Å². The Kier molecular flexibility index (Phi) is 6.75. The number of hydrogen-bond donors (Lipinski definition) is 1. The molecule has 0 saturated carbocycles. The van der Waals surface area contributed by atoms with Crippen molar-refractivity contribution in [3.05, 3.63) is 68.5 Å². The van der Waals surface area contributed by atoms with Gasteiger partial charge < -0.3 is 15.0 Å². The predicted molar refractivity (Wildman–Crippen MR) is 122 cm³/mol. The fourth-order valence-corrected chi connectivity index (χ4v) is 4.60. The van der Waals surface area contributed by atoms with Crippen molar-refractivity contribution in [3.63, 3.8) is 0 Å². The lowest BCUT2D eigenvalue weighted by atomic mass is 10.1. The number of ether oxygens (including phenoxy) is 1. The molecule has 1 N–H and O–H groups in total. The van der Waals surface area contributed by atoms with E-state index in [1.807, 2.05) is 4.90 Å². The van der Waals surface area contributed by atoms with Crippen LogP contribution in [-0.4, -0.2) is 28.2 Å². The third-order valence-corrected chi connectivity index (χ3v) is 6.37. The number of aromatic nitrogens is 1. The molecule has 0 spiro atoms. The van der Waals surface area contributed by atoms with E-state index in [2.05, 4.69) is 21.7 Å². The van der Waals surface area contributed by atoms with Gasteiger partial charge in [0.15, 0.2) is 5.75 Å². The van der Waals surface area contributed by atoms with Gasteiger partial charge in [-0.25, -0.2) is 4.98 Å². The second-order valence-electron chi connectivity index (χ2n) is 7.02. The number of fused-ring (bicyclic) bond motifs is 1. The van der Waals surface area contributed by atoms with Crippen LogP contribution in [0.3, 0.4) is 0 Å². The van der Waals surface area contributed by atoms with Gasteiger partial charge in [0.1, 0.15) is 5.02 Å². The third-order valence-electron chi connectivity index (χ3n) is 4.87. The molecule has 1 aliphatic rings. The van der Waals surface area contributed by atoms with Gasteiger partial charge in [-0.05, 0) is 41.6 Å². The molecule has 3 aromatic rings. The zero-order valence-electron chi connectivity index (χ0n) is 16.4. The van der Waals surface area contributed by atoms with E-state index in [1.165, 1.54) is 22.7 Å². The second kappa shape index (κ2) is 9.68. The highest BCUT2D eigenvalue weighted by atomic mass is 35.5. The number of thiophene rings is 1. The summed E-state index contributed by atoms with van der Waals surface area (Å²) in [6.45, 7) is 1.31. The molecule has 0 unspecified atom stereocenters. The lowest BCUT2D eigenvalue weighted by Gasteiger charge is -2.27. The first kappa shape index (κ1) is 21.6. The second-order valence-corrected chi connectivity index (χ2v) is 8.87. The van der Waals surface area contributed by atoms with Gasteiger partial charge in [0.25, 0.3) is 0 Å². The maximum absolute atomic E-state index is 12.6. The van der Waals surface area contributed by atoms with Crippen LogP contribution in [0.1, 0.15) is 23.3 Å². The molecule has 6 nitrogen and oxygen atoms in total. The Labute approximate surface area is 193 Å². The van der Waals surface area contributed by atoms with Gasteiger partial charge in [0.2, 0.25) is 17.7 Å². The Morgan fingerprint density at radius 3 is 2.87 bits per heavy atom. The third kappa shape index (κ3) is 5.36. The van der Waals surface area contributed by atoms with Gasteiger partial charge in [-0.1, -0.05) is 35.3 Å². The van der Waals surface area contributed by atoms with E-state index >= 15 is 0 Å². The summed E-state index contributed by atoms with van der Waals surface area (Å²) in [5.41, 5.74) is 1.67. The van der Waals surface area contributed by atoms with Crippen molar-refractivity contribution in [2.24, 2.45) is 0 Å². The molecule has 160 valence electrons. The normalized spacial score (nSPS) is 12.9. The Balaban J connectivity index is 1.34. The number of hydrogen-bond acceptors (Lipinski definition) is 5. The van der Waals surface area contributed by atoms with Crippen LogP contribution in [0, 0.1) is 0 Å². The van der Waals surface area contributed by atoms with Crippen LogP contribution >= 0.6 is 34.5 Å². The monoisotopic (exact) mass is 475 g/mol. The number of rotatable bonds is 6. The number of anilines is 1. The highest BCUT2D eigenvalue weighted by molar-refractivity contribution is 7.10. The summed E-state index contributed by atoms with van der Waals surface area (Å²) in [6.07, 6.45) is 2.53. The van der Waals surface area contributed by atoms with E-state index in [1.54, 1.807) is 35.6 Å². The van der Waals surface area contributed by atoms with Crippen LogP contribution in [0.15, 0.2) is 48.0 Å². The molecule has 9 heteroatoms. The van der Waals surface area contributed by atoms with Crippen molar-refractivity contribution >= 4 is 52.0 Å². The summed E-state index contributed by atoms with van der Waals surface area (Å²) in [5, 5.41) is 5.51. The number of nitrogens with one attached hydrogen (secondary N) is 1. The fraction of sp³-hybridized carbons (Fsp3) is 0.227. The summed E-state index contributed by atoms with van der Waals surface area (Å²) >= 11 is 13.7. The minimum Gasteiger partial charge on any atom is -0.435 e. The predicted octanol–water partition coefficient (Wildman–Crippen LogP) is 5.55. The maximum Gasteiger partial charge on any atom is 0.238 e. The minimum absolute atomic E-state index is 0.0197. The van der Waals surface area contributed by atoms with Gasteiger partial charge in [-0.15, -0.1) is 11.3 Å². The number of amides is 2. The number of pyridine rings is 1. The van der Waals surface area contributed by atoms with Gasteiger partial charge in [0.05, 0.1) is 10.7 Å². The molecule has 0 bridgehead atoms. The van der Waals surface area contributed by atoms with E-state index in [4.69, 9.17) is 27.9 Å². The van der Waals surface area contributed by atoms with Crippen molar-refractivity contribution < 1.29 is 14.3 Å². The van der Waals surface area contributed by atoms with Gasteiger partial charge in [-0.2, -0.15) is 0 Å². The zero-order chi connectivity index (χ0) is 21.8. The van der Waals surface area contributed by atoms with Gasteiger partial charge >= 0.3 is 0 Å². The topological polar surface area (TPSA) is 71.5 Å². The van der Waals surface area contributed by atoms with Gasteiger partial charge in [0, 0.05) is 37.0 Å². The molecule has 0 radical (unpaired) electrons. The molecule has 4 rings (SSSR count). The first-order chi connectivity index (χ1) is 15.0. The fourth-order valence-electron chi connectivity index (χ4n) is 3.29. The quantitative estimate of drug-likeness (QED) is 0.507. The van der Waals surface area contributed by atoms with Crippen LogP contribution in [0.2, 0.25) is 10.0 Å². The Hall–Kier alpha value is -2.61. The van der Waals surface area contributed by atoms with Crippen LogP contribution in [0.25, 0.3) is 0 Å². The van der Waals surface area contributed by atoms with Crippen LogP contribution < -0.4 is 10.1 Å². The minimum atomic E-state index is -0.271. The Morgan fingerprint density at radius 2 is 2.03 bits per heavy atom. The van der Waals surface area contributed by atoms with Crippen molar-refractivity contribution in [1.29, 1.82) is 0 Å². The SMILES string of the molecule is O=C(CCC(=O)N1CCc2sccc2C1)Nc1ccccc1Oc1ncc(Cl)cc1Cl. The summed E-state index contributed by atoms with van der Waals surface area (Å²) in [6, 6.07) is 10.5. The molecular formula is C22H19Cl2N3O3S. The first-order valence-electron chi connectivity index (χ1n) is 9.70. The molecule has 2 aromatic heterocycles. The van der Waals surface area contributed by atoms with Crippen molar-refractivity contribution in [1.82, 2.24) is 9.88 Å². The van der Waals surface area contributed by atoms with Crippen molar-refractivity contribution in [2.45, 2.75) is 25.8 Å². The van der Waals surface area contributed by atoms with E-state index in [0.29, 0.717) is 29.5 Å². The molecular weight excluding hydrogens is 457 g/mol. The summed E-state index contributed by atoms with van der Waals surface area (Å²) in [5.74, 6) is 0.280. The average Bonchev–Trinajstić information content (AvgIpc) is 3.23. The highest BCUT2D eigenvalue weighted by Gasteiger charge is 2.22. The molecule has 31 heavy (non-hydrogen) atoms. The van der Waals surface area contributed by atoms with Crippen molar-refractivity contribution in [3.8, 4) is 11.6 Å². The molecule has 0 aliphatic carbocycles. The summed E-state index contributed by atoms with van der Waals surface area (Å²) < 4.78 is 5.75. The highest BCUT2D eigenvalue weighted by Crippen LogP contribution is 2.33. The molecule has 1 aromatic carbocycles. The lowest BCUT2D eigenvalue weighted by Crippen LogP contribution is -2.35. The zero-order valence-corrected chi connectivity index (χ0v) is 18.8. The molecule has 0 saturated heterocycles. The molecule has 1 aliphatic heterocycles. The Morgan fingerprint density at radius 1 is 1.19 bits per heavy atom. The maximum atomic E-state index is 12.6. The number of halogens is 2. The summed E-state index contributed by atoms with van der Waals surface area (Å²) in [7, 11) is 0. The number of para-hydroxylation sites is 2. The largest absolute Gasteiger partial charge is 0.435 e. The molecule has 3 heterocycles. The van der Waals surface area contributed by atoms with Gasteiger partial charge in [-0.3, -0.25) is 9.59 Å².